The van der Waals surface area contributed by atoms with E-state index < -0.39 is 0 Å². The number of pyridine rings is 1. The summed E-state index contributed by atoms with van der Waals surface area (Å²) in [6.45, 7) is 0.828. The van der Waals surface area contributed by atoms with Gasteiger partial charge in [-0.15, -0.1) is 0 Å². The van der Waals surface area contributed by atoms with E-state index in [2.05, 4.69) is 9.88 Å². The van der Waals surface area contributed by atoms with E-state index >= 15 is 0 Å². The number of aliphatic hydroxyl groups excluding tert-OH is 1. The van der Waals surface area contributed by atoms with Crippen LogP contribution in [0.25, 0.3) is 0 Å². The van der Waals surface area contributed by atoms with Gasteiger partial charge in [-0.2, -0.15) is 0 Å². The zero-order chi connectivity index (χ0) is 12.1. The van der Waals surface area contributed by atoms with Crippen molar-refractivity contribution in [2.24, 2.45) is 0 Å². The van der Waals surface area contributed by atoms with Gasteiger partial charge < -0.3 is 14.7 Å². The molecule has 94 valence electrons. The zero-order valence-electron chi connectivity index (χ0n) is 10.3. The molecule has 0 radical (unpaired) electrons. The van der Waals surface area contributed by atoms with E-state index in [9.17, 15) is 0 Å². The highest BCUT2D eigenvalue weighted by Crippen LogP contribution is 2.27. The normalized spacial score (nSPS) is 16.1. The van der Waals surface area contributed by atoms with Crippen molar-refractivity contribution in [3.63, 3.8) is 0 Å². The van der Waals surface area contributed by atoms with Gasteiger partial charge in [-0.3, -0.25) is 0 Å². The van der Waals surface area contributed by atoms with Crippen molar-refractivity contribution in [1.29, 1.82) is 0 Å². The first-order valence-electron chi connectivity index (χ1n) is 6.22. The summed E-state index contributed by atoms with van der Waals surface area (Å²) in [7, 11) is 1.64. The number of aliphatic hydroxyl groups is 1. The maximum atomic E-state index is 9.16. The number of ether oxygens (including phenoxy) is 1. The lowest BCUT2D eigenvalue weighted by molar-refractivity contribution is 0.297. The summed E-state index contributed by atoms with van der Waals surface area (Å²) in [6.07, 6.45) is 6.70. The molecule has 0 amide bonds. The van der Waals surface area contributed by atoms with E-state index in [1.54, 1.807) is 13.3 Å². The highest BCUT2D eigenvalue weighted by Gasteiger charge is 2.23. The summed E-state index contributed by atoms with van der Waals surface area (Å²) in [5.41, 5.74) is 0. The Labute approximate surface area is 102 Å². The van der Waals surface area contributed by atoms with E-state index in [-0.39, 0.29) is 6.61 Å². The van der Waals surface area contributed by atoms with Gasteiger partial charge in [0.2, 0.25) is 0 Å². The van der Waals surface area contributed by atoms with Crippen molar-refractivity contribution in [2.75, 3.05) is 25.2 Å². The van der Waals surface area contributed by atoms with Gasteiger partial charge in [-0.05, 0) is 25.0 Å². The second-order valence-corrected chi connectivity index (χ2v) is 4.41. The number of aromatic nitrogens is 1. The average Bonchev–Trinajstić information content (AvgIpc) is 2.90. The number of anilines is 1. The van der Waals surface area contributed by atoms with Gasteiger partial charge in [0.25, 0.3) is 0 Å². The van der Waals surface area contributed by atoms with E-state index in [1.165, 1.54) is 25.7 Å². The summed E-state index contributed by atoms with van der Waals surface area (Å²) in [4.78, 5) is 6.62. The lowest BCUT2D eigenvalue weighted by atomic mass is 10.2. The molecule has 0 aliphatic heterocycles. The third-order valence-electron chi connectivity index (χ3n) is 3.36. The van der Waals surface area contributed by atoms with E-state index in [0.29, 0.717) is 12.6 Å². The SMILES string of the molecule is COc1ccc(N(CCO)C2CCCC2)nc1. The van der Waals surface area contributed by atoms with Crippen molar-refractivity contribution in [3.8, 4) is 5.75 Å². The van der Waals surface area contributed by atoms with Gasteiger partial charge in [0.15, 0.2) is 0 Å². The minimum atomic E-state index is 0.171. The number of hydrogen-bond acceptors (Lipinski definition) is 4. The fourth-order valence-corrected chi connectivity index (χ4v) is 2.47. The molecule has 1 aromatic rings. The number of rotatable bonds is 5. The maximum Gasteiger partial charge on any atom is 0.137 e. The number of hydrogen-bond donors (Lipinski definition) is 1. The van der Waals surface area contributed by atoms with Crippen LogP contribution in [0, 0.1) is 0 Å². The molecule has 4 heteroatoms. The van der Waals surface area contributed by atoms with Crippen LogP contribution in [-0.4, -0.2) is 36.4 Å². The van der Waals surface area contributed by atoms with Crippen LogP contribution in [0.1, 0.15) is 25.7 Å². The van der Waals surface area contributed by atoms with E-state index in [4.69, 9.17) is 9.84 Å². The fraction of sp³-hybridized carbons (Fsp3) is 0.615. The van der Waals surface area contributed by atoms with Gasteiger partial charge in [-0.1, -0.05) is 12.8 Å². The molecule has 0 spiro atoms. The smallest absolute Gasteiger partial charge is 0.137 e. The van der Waals surface area contributed by atoms with Crippen LogP contribution in [0.4, 0.5) is 5.82 Å². The van der Waals surface area contributed by atoms with E-state index in [1.807, 2.05) is 12.1 Å². The Morgan fingerprint density at radius 3 is 2.71 bits per heavy atom. The summed E-state index contributed by atoms with van der Waals surface area (Å²) in [5, 5.41) is 9.16. The van der Waals surface area contributed by atoms with Crippen LogP contribution in [0.2, 0.25) is 0 Å². The largest absolute Gasteiger partial charge is 0.495 e. The quantitative estimate of drug-likeness (QED) is 0.847. The Bertz CT molecular complexity index is 334. The monoisotopic (exact) mass is 236 g/mol. The van der Waals surface area contributed by atoms with Crippen LogP contribution < -0.4 is 9.64 Å². The molecule has 1 aromatic heterocycles. The Kier molecular flexibility index (Phi) is 4.20. The molecule has 1 N–H and O–H groups in total. The zero-order valence-corrected chi connectivity index (χ0v) is 10.3. The lowest BCUT2D eigenvalue weighted by Crippen LogP contribution is -2.36. The lowest BCUT2D eigenvalue weighted by Gasteiger charge is -2.29. The predicted octanol–water partition coefficient (Wildman–Crippen LogP) is 1.83. The van der Waals surface area contributed by atoms with Gasteiger partial charge in [-0.25, -0.2) is 4.98 Å². The topological polar surface area (TPSA) is 45.6 Å². The van der Waals surface area contributed by atoms with Crippen molar-refractivity contribution in [1.82, 2.24) is 4.98 Å². The number of methoxy groups -OCH3 is 1. The first kappa shape index (κ1) is 12.2. The Hall–Kier alpha value is -1.29. The van der Waals surface area contributed by atoms with Gasteiger partial charge in [0.05, 0.1) is 19.9 Å². The Balaban J connectivity index is 2.12. The van der Waals surface area contributed by atoms with Crippen LogP contribution in [-0.2, 0) is 0 Å². The Morgan fingerprint density at radius 1 is 1.41 bits per heavy atom. The minimum Gasteiger partial charge on any atom is -0.495 e. The van der Waals surface area contributed by atoms with Crippen molar-refractivity contribution >= 4 is 5.82 Å². The average molecular weight is 236 g/mol. The molecule has 1 aliphatic carbocycles. The highest BCUT2D eigenvalue weighted by molar-refractivity contribution is 5.42. The second kappa shape index (κ2) is 5.87. The van der Waals surface area contributed by atoms with E-state index in [0.717, 1.165) is 11.6 Å². The molecule has 1 saturated carbocycles. The summed E-state index contributed by atoms with van der Waals surface area (Å²) >= 11 is 0. The molecule has 0 bridgehead atoms. The molecule has 1 heterocycles. The molecule has 0 atom stereocenters. The standard InChI is InChI=1S/C13H20N2O2/c1-17-12-6-7-13(14-10-12)15(8-9-16)11-4-2-3-5-11/h6-7,10-11,16H,2-5,8-9H2,1H3. The molecule has 0 aromatic carbocycles. The first-order valence-corrected chi connectivity index (χ1v) is 6.22. The van der Waals surface area contributed by atoms with Crippen molar-refractivity contribution in [3.05, 3.63) is 18.3 Å². The molecule has 1 fully saturated rings. The van der Waals surface area contributed by atoms with Crippen molar-refractivity contribution in [2.45, 2.75) is 31.7 Å². The predicted molar refractivity (Wildman–Crippen MR) is 67.5 cm³/mol. The van der Waals surface area contributed by atoms with Crippen molar-refractivity contribution < 1.29 is 9.84 Å². The van der Waals surface area contributed by atoms with Gasteiger partial charge >= 0.3 is 0 Å². The second-order valence-electron chi connectivity index (χ2n) is 4.41. The molecule has 0 saturated heterocycles. The maximum absolute atomic E-state index is 9.16. The first-order chi connectivity index (χ1) is 8.35. The summed E-state index contributed by atoms with van der Waals surface area (Å²) in [5.74, 6) is 1.70. The number of nitrogens with zero attached hydrogens (tertiary/aromatic N) is 2. The van der Waals surface area contributed by atoms with Crippen LogP contribution in [0.15, 0.2) is 18.3 Å². The third kappa shape index (κ3) is 2.88. The van der Waals surface area contributed by atoms with Crippen LogP contribution in [0.3, 0.4) is 0 Å². The molecular formula is C13H20N2O2. The molecule has 1 aliphatic rings. The molecule has 17 heavy (non-hydrogen) atoms. The molecular weight excluding hydrogens is 216 g/mol. The third-order valence-corrected chi connectivity index (χ3v) is 3.36. The summed E-state index contributed by atoms with van der Waals surface area (Å²) in [6, 6.07) is 4.41. The van der Waals surface area contributed by atoms with Crippen LogP contribution in [0.5, 0.6) is 5.75 Å². The Morgan fingerprint density at radius 2 is 2.18 bits per heavy atom. The summed E-state index contributed by atoms with van der Waals surface area (Å²) < 4.78 is 5.10. The minimum absolute atomic E-state index is 0.171. The fourth-order valence-electron chi connectivity index (χ4n) is 2.47. The molecule has 2 rings (SSSR count). The van der Waals surface area contributed by atoms with Crippen LogP contribution >= 0.6 is 0 Å². The molecule has 4 nitrogen and oxygen atoms in total. The molecule has 0 unspecified atom stereocenters. The van der Waals surface area contributed by atoms with Gasteiger partial charge in [0.1, 0.15) is 11.6 Å². The van der Waals surface area contributed by atoms with Gasteiger partial charge in [0, 0.05) is 12.6 Å². The highest BCUT2D eigenvalue weighted by atomic mass is 16.5.